The maximum absolute atomic E-state index is 10.9. The number of amides is 1. The Labute approximate surface area is 86.3 Å². The number of hydrogen-bond donors (Lipinski definition) is 1. The molecule has 1 amide bonds. The quantitative estimate of drug-likeness (QED) is 0.608. The van der Waals surface area contributed by atoms with E-state index in [0.29, 0.717) is 16.1 Å². The van der Waals surface area contributed by atoms with Crippen LogP contribution in [-0.4, -0.2) is 19.2 Å². The van der Waals surface area contributed by atoms with Crippen molar-refractivity contribution in [2.45, 2.75) is 0 Å². The zero-order valence-corrected chi connectivity index (χ0v) is 8.28. The third kappa shape index (κ3) is 2.74. The van der Waals surface area contributed by atoms with E-state index in [0.717, 1.165) is 0 Å². The summed E-state index contributed by atoms with van der Waals surface area (Å²) in [6.45, 7) is 0. The van der Waals surface area contributed by atoms with Gasteiger partial charge in [0.2, 0.25) is 5.91 Å². The number of carbonyl (C=O) groups is 1. The van der Waals surface area contributed by atoms with Crippen molar-refractivity contribution in [3.8, 4) is 0 Å². The van der Waals surface area contributed by atoms with Crippen molar-refractivity contribution in [2.24, 2.45) is 10.9 Å². The van der Waals surface area contributed by atoms with Gasteiger partial charge in [-0.3, -0.25) is 4.79 Å². The largest absolute Gasteiger partial charge is 0.399 e. The molecule has 0 saturated carbocycles. The Kier molecular flexibility index (Phi) is 3.48. The molecule has 0 bridgehead atoms. The van der Waals surface area contributed by atoms with Gasteiger partial charge in [-0.25, -0.2) is 0 Å². The Balaban J connectivity index is 3.07. The lowest BCUT2D eigenvalue weighted by Gasteiger charge is -1.99. The summed E-state index contributed by atoms with van der Waals surface area (Å²) in [7, 11) is 1.43. The van der Waals surface area contributed by atoms with Gasteiger partial charge in [-0.1, -0.05) is 16.8 Å². The first-order valence-electron chi connectivity index (χ1n) is 3.80. The van der Waals surface area contributed by atoms with Crippen LogP contribution in [0.25, 0.3) is 0 Å². The van der Waals surface area contributed by atoms with Crippen molar-refractivity contribution in [3.63, 3.8) is 0 Å². The lowest BCUT2D eigenvalue weighted by molar-refractivity contribution is 0.100. The molecule has 2 N–H and O–H groups in total. The van der Waals surface area contributed by atoms with E-state index < -0.39 is 5.91 Å². The standard InChI is InChI=1S/C9H9ClN2O2/c1-14-12-5-6-2-7(9(11)13)4-8(10)3-6/h2-5H,1H3,(H2,11,13). The SMILES string of the molecule is CON=Cc1cc(Cl)cc(C(N)=O)c1. The van der Waals surface area contributed by atoms with Gasteiger partial charge in [0.1, 0.15) is 7.11 Å². The number of primary amides is 1. The fourth-order valence-electron chi connectivity index (χ4n) is 0.943. The molecule has 0 fully saturated rings. The van der Waals surface area contributed by atoms with Crippen molar-refractivity contribution in [2.75, 3.05) is 7.11 Å². The molecule has 0 radical (unpaired) electrons. The number of halogens is 1. The molecule has 0 saturated heterocycles. The van der Waals surface area contributed by atoms with E-state index in [-0.39, 0.29) is 0 Å². The number of oxime groups is 1. The molecule has 74 valence electrons. The molecule has 14 heavy (non-hydrogen) atoms. The van der Waals surface area contributed by atoms with E-state index in [4.69, 9.17) is 17.3 Å². The normalized spacial score (nSPS) is 10.4. The van der Waals surface area contributed by atoms with Crippen molar-refractivity contribution < 1.29 is 9.63 Å². The molecule has 1 aromatic carbocycles. The Morgan fingerprint density at radius 2 is 2.29 bits per heavy atom. The predicted octanol–water partition coefficient (Wildman–Crippen LogP) is 1.42. The van der Waals surface area contributed by atoms with Crippen LogP contribution in [-0.2, 0) is 4.84 Å². The van der Waals surface area contributed by atoms with Crippen LogP contribution >= 0.6 is 11.6 Å². The Morgan fingerprint density at radius 1 is 1.57 bits per heavy atom. The smallest absolute Gasteiger partial charge is 0.248 e. The minimum atomic E-state index is -0.528. The van der Waals surface area contributed by atoms with E-state index >= 15 is 0 Å². The predicted molar refractivity (Wildman–Crippen MR) is 54.6 cm³/mol. The van der Waals surface area contributed by atoms with Crippen LogP contribution < -0.4 is 5.73 Å². The van der Waals surface area contributed by atoms with Crippen molar-refractivity contribution >= 4 is 23.7 Å². The van der Waals surface area contributed by atoms with E-state index in [2.05, 4.69) is 9.99 Å². The third-order valence-corrected chi connectivity index (χ3v) is 1.73. The maximum Gasteiger partial charge on any atom is 0.248 e. The molecule has 0 aliphatic carbocycles. The van der Waals surface area contributed by atoms with Gasteiger partial charge in [-0.05, 0) is 23.8 Å². The fraction of sp³-hybridized carbons (Fsp3) is 0.111. The highest BCUT2D eigenvalue weighted by molar-refractivity contribution is 6.31. The molecule has 0 aliphatic heterocycles. The molecule has 4 nitrogen and oxygen atoms in total. The molecule has 0 heterocycles. The fourth-order valence-corrected chi connectivity index (χ4v) is 1.19. The Hall–Kier alpha value is -1.55. The van der Waals surface area contributed by atoms with Crippen LogP contribution in [0.4, 0.5) is 0 Å². The molecule has 0 spiro atoms. The molecule has 5 heteroatoms. The summed E-state index contributed by atoms with van der Waals surface area (Å²) in [5.41, 5.74) is 6.11. The highest BCUT2D eigenvalue weighted by Crippen LogP contribution is 2.13. The van der Waals surface area contributed by atoms with Crippen molar-refractivity contribution in [1.29, 1.82) is 0 Å². The second kappa shape index (κ2) is 4.62. The number of nitrogens with zero attached hydrogens (tertiary/aromatic N) is 1. The molecule has 0 atom stereocenters. The summed E-state index contributed by atoms with van der Waals surface area (Å²) < 4.78 is 0. The maximum atomic E-state index is 10.9. The highest BCUT2D eigenvalue weighted by atomic mass is 35.5. The average Bonchev–Trinajstić information content (AvgIpc) is 2.14. The molecular formula is C9H9ClN2O2. The summed E-state index contributed by atoms with van der Waals surface area (Å²) in [5.74, 6) is -0.528. The third-order valence-electron chi connectivity index (χ3n) is 1.51. The van der Waals surface area contributed by atoms with Crippen LogP contribution in [0.15, 0.2) is 23.4 Å². The minimum absolute atomic E-state index is 0.343. The minimum Gasteiger partial charge on any atom is -0.399 e. The zero-order chi connectivity index (χ0) is 10.6. The Morgan fingerprint density at radius 3 is 2.86 bits per heavy atom. The lowest BCUT2D eigenvalue weighted by atomic mass is 10.1. The molecule has 0 aromatic heterocycles. The van der Waals surface area contributed by atoms with E-state index in [9.17, 15) is 4.79 Å². The van der Waals surface area contributed by atoms with Crippen molar-refractivity contribution in [1.82, 2.24) is 0 Å². The highest BCUT2D eigenvalue weighted by Gasteiger charge is 2.02. The lowest BCUT2D eigenvalue weighted by Crippen LogP contribution is -2.11. The van der Waals surface area contributed by atoms with Gasteiger partial charge in [-0.15, -0.1) is 0 Å². The van der Waals surface area contributed by atoms with E-state index in [1.165, 1.54) is 19.4 Å². The van der Waals surface area contributed by atoms with Crippen molar-refractivity contribution in [3.05, 3.63) is 34.3 Å². The van der Waals surface area contributed by atoms with Crippen LogP contribution in [0.1, 0.15) is 15.9 Å². The van der Waals surface area contributed by atoms with Gasteiger partial charge in [0.15, 0.2) is 0 Å². The van der Waals surface area contributed by atoms with Crippen LogP contribution in [0, 0.1) is 0 Å². The first kappa shape index (κ1) is 10.5. The number of nitrogens with two attached hydrogens (primary N) is 1. The first-order valence-corrected chi connectivity index (χ1v) is 4.18. The summed E-state index contributed by atoms with van der Waals surface area (Å²) in [5, 5.41) is 3.98. The number of benzene rings is 1. The zero-order valence-electron chi connectivity index (χ0n) is 7.53. The van der Waals surface area contributed by atoms with Gasteiger partial charge < -0.3 is 10.6 Å². The van der Waals surface area contributed by atoms with Gasteiger partial charge in [0.25, 0.3) is 0 Å². The van der Waals surface area contributed by atoms with Crippen LogP contribution in [0.5, 0.6) is 0 Å². The van der Waals surface area contributed by atoms with E-state index in [1.807, 2.05) is 0 Å². The van der Waals surface area contributed by atoms with Gasteiger partial charge in [-0.2, -0.15) is 0 Å². The number of rotatable bonds is 3. The summed E-state index contributed by atoms with van der Waals surface area (Å²) in [6.07, 6.45) is 1.44. The van der Waals surface area contributed by atoms with E-state index in [1.54, 1.807) is 12.1 Å². The second-order valence-electron chi connectivity index (χ2n) is 2.55. The first-order chi connectivity index (χ1) is 6.63. The summed E-state index contributed by atoms with van der Waals surface area (Å²) in [6, 6.07) is 4.72. The summed E-state index contributed by atoms with van der Waals surface area (Å²) in [4.78, 5) is 15.4. The topological polar surface area (TPSA) is 64.7 Å². The van der Waals surface area contributed by atoms with Crippen LogP contribution in [0.3, 0.4) is 0 Å². The molecule has 1 aromatic rings. The summed E-state index contributed by atoms with van der Waals surface area (Å²) >= 11 is 5.76. The number of hydrogen-bond acceptors (Lipinski definition) is 3. The Bertz CT molecular complexity index is 377. The monoisotopic (exact) mass is 212 g/mol. The average molecular weight is 213 g/mol. The van der Waals surface area contributed by atoms with Gasteiger partial charge >= 0.3 is 0 Å². The van der Waals surface area contributed by atoms with Gasteiger partial charge in [0.05, 0.1) is 6.21 Å². The number of carbonyl (C=O) groups excluding carboxylic acids is 1. The molecule has 0 unspecified atom stereocenters. The van der Waals surface area contributed by atoms with Crippen LogP contribution in [0.2, 0.25) is 5.02 Å². The molecular weight excluding hydrogens is 204 g/mol. The van der Waals surface area contributed by atoms with Gasteiger partial charge in [0, 0.05) is 10.6 Å². The molecule has 1 rings (SSSR count). The molecule has 0 aliphatic rings. The second-order valence-corrected chi connectivity index (χ2v) is 2.99.